The van der Waals surface area contributed by atoms with Gasteiger partial charge < -0.3 is 9.26 Å². The molecule has 0 N–H and O–H groups in total. The van der Waals surface area contributed by atoms with Crippen LogP contribution in [0.4, 0.5) is 0 Å². The fraction of sp³-hybridized carbons (Fsp3) is 0.733. The molecule has 2 unspecified atom stereocenters. The third kappa shape index (κ3) is 4.85. The Kier molecular flexibility index (Phi) is 6.59. The van der Waals surface area contributed by atoms with Crippen LogP contribution in [0.1, 0.15) is 46.4 Å². The summed E-state index contributed by atoms with van der Waals surface area (Å²) >= 11 is 0. The molecule has 0 saturated carbocycles. The van der Waals surface area contributed by atoms with Crippen LogP contribution in [-0.2, 0) is 4.74 Å². The fourth-order valence-corrected chi connectivity index (χ4v) is 3.58. The molecule has 1 rings (SSSR count). The van der Waals surface area contributed by atoms with Crippen molar-refractivity contribution in [2.45, 2.75) is 45.7 Å². The van der Waals surface area contributed by atoms with Gasteiger partial charge in [0.2, 0.25) is 11.0 Å². The van der Waals surface area contributed by atoms with Crippen LogP contribution >= 0.6 is 10.9 Å². The minimum Gasteiger partial charge on any atom is -0.501 e. The van der Waals surface area contributed by atoms with Crippen LogP contribution in [0.25, 0.3) is 0 Å². The summed E-state index contributed by atoms with van der Waals surface area (Å²) in [7, 11) is 1.32. The number of nitrogens with zero attached hydrogens (tertiary/aromatic N) is 2. The molecule has 1 aromatic heterocycles. The molecule has 1 aromatic rings. The molecule has 4 nitrogen and oxygen atoms in total. The predicted molar refractivity (Wildman–Crippen MR) is 85.5 cm³/mol. The average Bonchev–Trinajstić information content (AvgIpc) is 2.85. The van der Waals surface area contributed by atoms with E-state index in [2.05, 4.69) is 57.1 Å². The number of allylic oxidation sites excluding steroid dienone is 2. The van der Waals surface area contributed by atoms with E-state index in [0.29, 0.717) is 11.8 Å². The van der Waals surface area contributed by atoms with Crippen LogP contribution in [0.2, 0.25) is 0 Å². The first-order chi connectivity index (χ1) is 9.35. The molecule has 0 fully saturated rings. The van der Waals surface area contributed by atoms with Crippen molar-refractivity contribution in [3.63, 3.8) is 0 Å². The molecule has 0 spiro atoms. The van der Waals surface area contributed by atoms with E-state index in [1.165, 1.54) is 0 Å². The summed E-state index contributed by atoms with van der Waals surface area (Å²) in [6.45, 7) is 10.6. The second kappa shape index (κ2) is 7.72. The topological polar surface area (TPSA) is 48.2 Å². The van der Waals surface area contributed by atoms with E-state index >= 15 is 0 Å². The van der Waals surface area contributed by atoms with Gasteiger partial charge in [-0.3, -0.25) is 0 Å². The Bertz CT molecular complexity index is 441. The number of hydrogen-bond donors (Lipinski definition) is 1. The van der Waals surface area contributed by atoms with Crippen LogP contribution in [0, 0.1) is 11.8 Å². The normalized spacial score (nSPS) is 16.6. The van der Waals surface area contributed by atoms with E-state index in [-0.39, 0.29) is 5.92 Å². The highest BCUT2D eigenvalue weighted by molar-refractivity contribution is 8.16. The van der Waals surface area contributed by atoms with Crippen molar-refractivity contribution in [2.75, 3.05) is 19.1 Å². The van der Waals surface area contributed by atoms with Gasteiger partial charge in [-0.05, 0) is 24.0 Å². The summed E-state index contributed by atoms with van der Waals surface area (Å²) in [5.41, 5.74) is 0. The Hall–Kier alpha value is -0.970. The third-order valence-electron chi connectivity index (χ3n) is 3.03. The summed E-state index contributed by atoms with van der Waals surface area (Å²) < 4.78 is 10.8. The number of rotatable bonds is 7. The first kappa shape index (κ1) is 17.1. The number of aromatic nitrogens is 2. The lowest BCUT2D eigenvalue weighted by Crippen LogP contribution is -2.09. The Balaban J connectivity index is 2.70. The van der Waals surface area contributed by atoms with Gasteiger partial charge in [-0.25, -0.2) is 0 Å². The van der Waals surface area contributed by atoms with Crippen LogP contribution in [-0.4, -0.2) is 29.3 Å². The van der Waals surface area contributed by atoms with E-state index < -0.39 is 10.9 Å². The van der Waals surface area contributed by atoms with Gasteiger partial charge in [0, 0.05) is 11.8 Å². The van der Waals surface area contributed by atoms with Crippen molar-refractivity contribution in [1.29, 1.82) is 0 Å². The lowest BCUT2D eigenvalue weighted by atomic mass is 10.1. The smallest absolute Gasteiger partial charge is 0.229 e. The zero-order valence-electron chi connectivity index (χ0n) is 13.7. The second-order valence-corrected chi connectivity index (χ2v) is 8.05. The molecule has 20 heavy (non-hydrogen) atoms. The first-order valence-corrected chi connectivity index (χ1v) is 9.13. The van der Waals surface area contributed by atoms with Gasteiger partial charge >= 0.3 is 0 Å². The molecule has 0 aliphatic rings. The van der Waals surface area contributed by atoms with Gasteiger partial charge in [0.15, 0.2) is 0 Å². The van der Waals surface area contributed by atoms with Crippen LogP contribution < -0.4 is 0 Å². The summed E-state index contributed by atoms with van der Waals surface area (Å²) in [5.74, 6) is 3.95. The van der Waals surface area contributed by atoms with Crippen molar-refractivity contribution in [3.05, 3.63) is 17.7 Å². The number of hydrogen-bond acceptors (Lipinski definition) is 4. The Morgan fingerprint density at radius 3 is 2.40 bits per heavy atom. The monoisotopic (exact) mass is 300 g/mol. The molecule has 0 saturated heterocycles. The second-order valence-electron chi connectivity index (χ2n) is 5.89. The van der Waals surface area contributed by atoms with Crippen LogP contribution in [0.15, 0.2) is 21.5 Å². The van der Waals surface area contributed by atoms with E-state index in [1.54, 1.807) is 7.11 Å². The summed E-state index contributed by atoms with van der Waals surface area (Å²) in [4.78, 5) is 4.50. The molecular formula is C15H28N2O2S. The number of ether oxygens (including phenoxy) is 1. The minimum absolute atomic E-state index is 0.285. The van der Waals surface area contributed by atoms with E-state index in [9.17, 15) is 0 Å². The Labute approximate surface area is 125 Å². The lowest BCUT2D eigenvalue weighted by molar-refractivity contribution is 0.251. The molecule has 0 aromatic carbocycles. The average molecular weight is 300 g/mol. The van der Waals surface area contributed by atoms with Gasteiger partial charge in [-0.15, -0.1) is 0 Å². The standard InChI is InChI=1S/C15H28N2O2S/c1-10(2)8-13(18-6)12(5)9-20(7)15-16-14(11(3)4)19-17-15/h8,10-12,20H,9H2,1-7H3/b13-8-. The van der Waals surface area contributed by atoms with Crippen molar-refractivity contribution < 1.29 is 9.26 Å². The largest absolute Gasteiger partial charge is 0.501 e. The molecule has 0 aliphatic heterocycles. The van der Waals surface area contributed by atoms with Gasteiger partial charge in [-0.2, -0.15) is 15.9 Å². The first-order valence-electron chi connectivity index (χ1n) is 7.15. The molecule has 0 amide bonds. The van der Waals surface area contributed by atoms with E-state index in [4.69, 9.17) is 9.26 Å². The van der Waals surface area contributed by atoms with Crippen molar-refractivity contribution >= 4 is 10.9 Å². The third-order valence-corrected chi connectivity index (χ3v) is 4.99. The maximum atomic E-state index is 5.51. The number of methoxy groups -OCH3 is 1. The highest BCUT2D eigenvalue weighted by atomic mass is 32.2. The Morgan fingerprint density at radius 1 is 1.30 bits per heavy atom. The van der Waals surface area contributed by atoms with Crippen molar-refractivity contribution in [2.24, 2.45) is 11.8 Å². The molecular weight excluding hydrogens is 272 g/mol. The molecule has 0 bridgehead atoms. The maximum Gasteiger partial charge on any atom is 0.229 e. The van der Waals surface area contributed by atoms with Gasteiger partial charge in [0.05, 0.1) is 12.9 Å². The van der Waals surface area contributed by atoms with E-state index in [1.807, 2.05) is 0 Å². The zero-order chi connectivity index (χ0) is 15.3. The van der Waals surface area contributed by atoms with Crippen LogP contribution in [0.5, 0.6) is 0 Å². The summed E-state index contributed by atoms with van der Waals surface area (Å²) in [6.07, 6.45) is 4.38. The fourth-order valence-electron chi connectivity index (χ4n) is 1.96. The predicted octanol–water partition coefficient (Wildman–Crippen LogP) is 4.01. The lowest BCUT2D eigenvalue weighted by Gasteiger charge is -2.20. The zero-order valence-corrected chi connectivity index (χ0v) is 14.6. The minimum atomic E-state index is -0.419. The summed E-state index contributed by atoms with van der Waals surface area (Å²) in [6, 6.07) is 0. The quantitative estimate of drug-likeness (QED) is 0.610. The molecule has 116 valence electrons. The van der Waals surface area contributed by atoms with Crippen LogP contribution in [0.3, 0.4) is 0 Å². The van der Waals surface area contributed by atoms with Crippen molar-refractivity contribution in [3.8, 4) is 0 Å². The number of thiol groups is 1. The molecule has 0 aliphatic carbocycles. The SMILES string of the molecule is CO/C(=C\C(C)C)C(C)C[SH](C)c1noc(C(C)C)n1. The molecule has 0 radical (unpaired) electrons. The molecule has 1 heterocycles. The summed E-state index contributed by atoms with van der Waals surface area (Å²) in [5, 5.41) is 4.98. The van der Waals surface area contributed by atoms with Gasteiger partial charge in [-0.1, -0.05) is 39.8 Å². The maximum absolute atomic E-state index is 5.51. The van der Waals surface area contributed by atoms with Gasteiger partial charge in [0.25, 0.3) is 0 Å². The highest BCUT2D eigenvalue weighted by Crippen LogP contribution is 2.34. The van der Waals surface area contributed by atoms with Crippen molar-refractivity contribution in [1.82, 2.24) is 10.1 Å². The molecule has 2 atom stereocenters. The highest BCUT2D eigenvalue weighted by Gasteiger charge is 2.18. The van der Waals surface area contributed by atoms with Gasteiger partial charge in [0.1, 0.15) is 0 Å². The Morgan fingerprint density at radius 2 is 1.95 bits per heavy atom. The van der Waals surface area contributed by atoms with E-state index in [0.717, 1.165) is 22.6 Å². The molecule has 5 heteroatoms.